The third-order valence-corrected chi connectivity index (χ3v) is 2.91. The molecule has 20 heavy (non-hydrogen) atoms. The molecule has 0 fully saturated rings. The molecule has 4 heteroatoms. The zero-order chi connectivity index (χ0) is 15.3. The first-order valence-electron chi connectivity index (χ1n) is 6.76. The van der Waals surface area contributed by atoms with Crippen molar-refractivity contribution in [3.8, 4) is 0 Å². The van der Waals surface area contributed by atoms with Gasteiger partial charge in [0.25, 0.3) is 0 Å². The van der Waals surface area contributed by atoms with Gasteiger partial charge in [0.05, 0.1) is 0 Å². The molecule has 0 aliphatic carbocycles. The Morgan fingerprint density at radius 2 is 1.95 bits per heavy atom. The number of ether oxygens (including phenoxy) is 1. The number of benzene rings is 1. The summed E-state index contributed by atoms with van der Waals surface area (Å²) < 4.78 is 5.25. The second-order valence-electron chi connectivity index (χ2n) is 5.92. The van der Waals surface area contributed by atoms with E-state index in [0.717, 1.165) is 28.7 Å². The zero-order valence-electron chi connectivity index (χ0n) is 12.9. The van der Waals surface area contributed by atoms with E-state index in [9.17, 15) is 9.59 Å². The first kappa shape index (κ1) is 16.2. The molecular weight excluding hydrogens is 254 g/mol. The first-order chi connectivity index (χ1) is 9.23. The Bertz CT molecular complexity index is 501. The monoisotopic (exact) mass is 277 g/mol. The van der Waals surface area contributed by atoms with Gasteiger partial charge >= 0.3 is 6.09 Å². The Kier molecular flexibility index (Phi) is 5.31. The summed E-state index contributed by atoms with van der Waals surface area (Å²) in [4.78, 5) is 22.3. The molecule has 0 bridgehead atoms. The molecule has 0 saturated carbocycles. The number of rotatable bonds is 4. The zero-order valence-corrected chi connectivity index (χ0v) is 12.9. The van der Waals surface area contributed by atoms with E-state index in [1.807, 2.05) is 46.8 Å². The molecule has 0 aliphatic rings. The van der Waals surface area contributed by atoms with Crippen LogP contribution in [0.1, 0.15) is 43.9 Å². The highest BCUT2D eigenvalue weighted by Crippen LogP contribution is 2.23. The molecule has 1 aromatic carbocycles. The number of nitrogens with one attached hydrogen (secondary N) is 1. The van der Waals surface area contributed by atoms with Crippen molar-refractivity contribution in [1.82, 2.24) is 0 Å². The Labute approximate surface area is 120 Å². The standard InChI is InChI=1S/C16H23NO3/c1-11-9-13(7-6-8-18)10-14(12(11)2)17-15(19)20-16(3,4)5/h8-10H,6-7H2,1-5H3,(H,17,19). The SMILES string of the molecule is Cc1cc(CCC=O)cc(NC(=O)OC(C)(C)C)c1C. The molecule has 1 aromatic rings. The normalized spacial score (nSPS) is 11.1. The summed E-state index contributed by atoms with van der Waals surface area (Å²) in [6.07, 6.45) is 1.59. The molecule has 0 radical (unpaired) electrons. The van der Waals surface area contributed by atoms with E-state index in [2.05, 4.69) is 5.32 Å². The summed E-state index contributed by atoms with van der Waals surface area (Å²) >= 11 is 0. The number of aldehydes is 1. The van der Waals surface area contributed by atoms with Crippen molar-refractivity contribution in [3.05, 3.63) is 28.8 Å². The fourth-order valence-electron chi connectivity index (χ4n) is 1.85. The topological polar surface area (TPSA) is 55.4 Å². The molecule has 0 spiro atoms. The van der Waals surface area contributed by atoms with Crippen LogP contribution in [0.15, 0.2) is 12.1 Å². The average Bonchev–Trinajstić information content (AvgIpc) is 2.30. The lowest BCUT2D eigenvalue weighted by Crippen LogP contribution is -2.27. The van der Waals surface area contributed by atoms with E-state index in [4.69, 9.17) is 4.74 Å². The minimum absolute atomic E-state index is 0.465. The van der Waals surface area contributed by atoms with Crippen LogP contribution in [-0.2, 0) is 16.0 Å². The molecule has 0 saturated heterocycles. The predicted octanol–water partition coefficient (Wildman–Crippen LogP) is 3.78. The minimum Gasteiger partial charge on any atom is -0.444 e. The van der Waals surface area contributed by atoms with Gasteiger partial charge in [0.2, 0.25) is 0 Å². The highest BCUT2D eigenvalue weighted by molar-refractivity contribution is 5.86. The molecule has 0 atom stereocenters. The van der Waals surface area contributed by atoms with Crippen molar-refractivity contribution in [2.45, 2.75) is 53.1 Å². The van der Waals surface area contributed by atoms with Gasteiger partial charge in [-0.05, 0) is 63.8 Å². The third kappa shape index (κ3) is 5.03. The van der Waals surface area contributed by atoms with Gasteiger partial charge in [-0.2, -0.15) is 0 Å². The second kappa shape index (κ2) is 6.55. The molecule has 0 aliphatic heterocycles. The summed E-state index contributed by atoms with van der Waals surface area (Å²) in [6, 6.07) is 3.94. The van der Waals surface area contributed by atoms with Crippen LogP contribution in [0, 0.1) is 13.8 Å². The highest BCUT2D eigenvalue weighted by Gasteiger charge is 2.17. The van der Waals surface area contributed by atoms with Gasteiger partial charge in [0, 0.05) is 12.1 Å². The lowest BCUT2D eigenvalue weighted by molar-refractivity contribution is -0.107. The lowest BCUT2D eigenvalue weighted by Gasteiger charge is -2.21. The Hall–Kier alpha value is -1.84. The number of carbonyl (C=O) groups is 2. The lowest BCUT2D eigenvalue weighted by atomic mass is 10.0. The van der Waals surface area contributed by atoms with Crippen LogP contribution in [0.2, 0.25) is 0 Å². The summed E-state index contributed by atoms with van der Waals surface area (Å²) in [6.45, 7) is 9.41. The summed E-state index contributed by atoms with van der Waals surface area (Å²) in [5.41, 5.74) is 3.33. The van der Waals surface area contributed by atoms with Crippen LogP contribution >= 0.6 is 0 Å². The Balaban J connectivity index is 2.90. The van der Waals surface area contributed by atoms with Crippen LogP contribution in [0.25, 0.3) is 0 Å². The van der Waals surface area contributed by atoms with E-state index in [1.54, 1.807) is 0 Å². The van der Waals surface area contributed by atoms with Crippen molar-refractivity contribution in [2.75, 3.05) is 5.32 Å². The van der Waals surface area contributed by atoms with Crippen molar-refractivity contribution >= 4 is 18.1 Å². The fraction of sp³-hybridized carbons (Fsp3) is 0.500. The number of aryl methyl sites for hydroxylation is 2. The average molecular weight is 277 g/mol. The number of amides is 1. The van der Waals surface area contributed by atoms with Crippen molar-refractivity contribution in [1.29, 1.82) is 0 Å². The fourth-order valence-corrected chi connectivity index (χ4v) is 1.85. The summed E-state index contributed by atoms with van der Waals surface area (Å²) in [7, 11) is 0. The molecule has 1 rings (SSSR count). The first-order valence-corrected chi connectivity index (χ1v) is 6.76. The molecule has 0 unspecified atom stereocenters. The molecule has 4 nitrogen and oxygen atoms in total. The molecule has 1 N–H and O–H groups in total. The predicted molar refractivity (Wildman–Crippen MR) is 80.2 cm³/mol. The van der Waals surface area contributed by atoms with E-state index in [0.29, 0.717) is 12.8 Å². The van der Waals surface area contributed by atoms with Gasteiger partial charge in [-0.15, -0.1) is 0 Å². The van der Waals surface area contributed by atoms with Gasteiger partial charge in [-0.1, -0.05) is 6.07 Å². The van der Waals surface area contributed by atoms with Crippen LogP contribution in [0.3, 0.4) is 0 Å². The summed E-state index contributed by atoms with van der Waals surface area (Å²) in [5, 5.41) is 2.77. The number of hydrogen-bond donors (Lipinski definition) is 1. The second-order valence-corrected chi connectivity index (χ2v) is 5.92. The molecule has 0 heterocycles. The van der Waals surface area contributed by atoms with Crippen LogP contribution in [0.5, 0.6) is 0 Å². The molecule has 110 valence electrons. The van der Waals surface area contributed by atoms with Gasteiger partial charge in [0.1, 0.15) is 11.9 Å². The van der Waals surface area contributed by atoms with Crippen molar-refractivity contribution < 1.29 is 14.3 Å². The number of carbonyl (C=O) groups excluding carboxylic acids is 2. The van der Waals surface area contributed by atoms with Crippen molar-refractivity contribution in [3.63, 3.8) is 0 Å². The van der Waals surface area contributed by atoms with Crippen molar-refractivity contribution in [2.24, 2.45) is 0 Å². The quantitative estimate of drug-likeness (QED) is 0.852. The number of hydrogen-bond acceptors (Lipinski definition) is 3. The van der Waals surface area contributed by atoms with Crippen LogP contribution in [0.4, 0.5) is 10.5 Å². The van der Waals surface area contributed by atoms with Gasteiger partial charge in [-0.3, -0.25) is 5.32 Å². The Morgan fingerprint density at radius 3 is 2.50 bits per heavy atom. The van der Waals surface area contributed by atoms with Gasteiger partial charge < -0.3 is 9.53 Å². The van der Waals surface area contributed by atoms with Gasteiger partial charge in [-0.25, -0.2) is 4.79 Å². The molecule has 1 amide bonds. The van der Waals surface area contributed by atoms with Crippen LogP contribution in [-0.4, -0.2) is 18.0 Å². The number of anilines is 1. The minimum atomic E-state index is -0.526. The van der Waals surface area contributed by atoms with Gasteiger partial charge in [0.15, 0.2) is 0 Å². The molecule has 0 aromatic heterocycles. The third-order valence-electron chi connectivity index (χ3n) is 2.91. The maximum absolute atomic E-state index is 11.8. The maximum atomic E-state index is 11.8. The maximum Gasteiger partial charge on any atom is 0.412 e. The van der Waals surface area contributed by atoms with E-state index >= 15 is 0 Å². The highest BCUT2D eigenvalue weighted by atomic mass is 16.6. The van der Waals surface area contributed by atoms with E-state index in [1.165, 1.54) is 0 Å². The van der Waals surface area contributed by atoms with E-state index in [-0.39, 0.29) is 0 Å². The Morgan fingerprint density at radius 1 is 1.30 bits per heavy atom. The molecular formula is C16H23NO3. The van der Waals surface area contributed by atoms with Crippen LogP contribution < -0.4 is 5.32 Å². The smallest absolute Gasteiger partial charge is 0.412 e. The largest absolute Gasteiger partial charge is 0.444 e. The summed E-state index contributed by atoms with van der Waals surface area (Å²) in [5.74, 6) is 0. The van der Waals surface area contributed by atoms with E-state index < -0.39 is 11.7 Å².